The monoisotopic (exact) mass is 386 g/mol. The number of methoxy groups -OCH3 is 1. The number of aromatic nitrogens is 1. The van der Waals surface area contributed by atoms with Crippen LogP contribution in [0.15, 0.2) is 40.8 Å². The van der Waals surface area contributed by atoms with E-state index >= 15 is 0 Å². The zero-order valence-electron chi connectivity index (χ0n) is 15.0. The van der Waals surface area contributed by atoms with Gasteiger partial charge in [0.25, 0.3) is 6.01 Å². The molecule has 3 rings (SSSR count). The number of fused-ring (bicyclic) bond motifs is 1. The Morgan fingerprint density at radius 2 is 2.00 bits per heavy atom. The number of esters is 1. The molecular formula is C20H19ClN2O4. The van der Waals surface area contributed by atoms with E-state index in [4.69, 9.17) is 16.0 Å². The lowest BCUT2D eigenvalue weighted by Crippen LogP contribution is -2.09. The van der Waals surface area contributed by atoms with E-state index in [1.807, 2.05) is 25.1 Å². The van der Waals surface area contributed by atoms with E-state index in [1.165, 1.54) is 7.11 Å². The minimum Gasteiger partial charge on any atom is -0.469 e. The fraction of sp³-hybridized carbons (Fsp3) is 0.250. The van der Waals surface area contributed by atoms with E-state index < -0.39 is 5.97 Å². The van der Waals surface area contributed by atoms with Crippen molar-refractivity contribution in [3.05, 3.63) is 52.5 Å². The standard InChI is InChI=1S/C20H19ClN2O4/c1-3-12-4-6-15(14(10-12)17(24)7-9-19(25)26-2)22-20-23-16-11-13(21)5-8-18(16)27-20/h4-6,8,10-11H,3,7,9H2,1-2H3,(H,22,23). The van der Waals surface area contributed by atoms with Crippen LogP contribution >= 0.6 is 11.6 Å². The second kappa shape index (κ2) is 8.22. The summed E-state index contributed by atoms with van der Waals surface area (Å²) in [6.45, 7) is 2.01. The summed E-state index contributed by atoms with van der Waals surface area (Å²) in [5.74, 6) is -0.572. The van der Waals surface area contributed by atoms with Gasteiger partial charge < -0.3 is 14.5 Å². The van der Waals surface area contributed by atoms with Gasteiger partial charge in [0, 0.05) is 17.0 Å². The molecule has 0 aliphatic heterocycles. The summed E-state index contributed by atoms with van der Waals surface area (Å²) in [4.78, 5) is 28.3. The van der Waals surface area contributed by atoms with E-state index in [0.717, 1.165) is 12.0 Å². The molecule has 1 heterocycles. The maximum atomic E-state index is 12.6. The summed E-state index contributed by atoms with van der Waals surface area (Å²) in [5.41, 5.74) is 3.28. The van der Waals surface area contributed by atoms with Gasteiger partial charge in [-0.05, 0) is 42.3 Å². The van der Waals surface area contributed by atoms with Crippen molar-refractivity contribution in [1.82, 2.24) is 4.98 Å². The SMILES string of the molecule is CCc1ccc(Nc2nc3cc(Cl)ccc3o2)c(C(=O)CCC(=O)OC)c1. The lowest BCUT2D eigenvalue weighted by Gasteiger charge is -2.10. The number of aryl methyl sites for hydroxylation is 1. The van der Waals surface area contributed by atoms with Crippen molar-refractivity contribution in [3.63, 3.8) is 0 Å². The first kappa shape index (κ1) is 18.9. The second-order valence-electron chi connectivity index (χ2n) is 5.99. The van der Waals surface area contributed by atoms with Crippen LogP contribution in [0, 0.1) is 0 Å². The number of ether oxygens (including phenoxy) is 1. The van der Waals surface area contributed by atoms with Gasteiger partial charge in [-0.3, -0.25) is 9.59 Å². The average molecular weight is 387 g/mol. The number of carbonyl (C=O) groups excluding carboxylic acids is 2. The summed E-state index contributed by atoms with van der Waals surface area (Å²) in [5, 5.41) is 3.62. The van der Waals surface area contributed by atoms with Crippen molar-refractivity contribution in [2.75, 3.05) is 12.4 Å². The molecule has 27 heavy (non-hydrogen) atoms. The minimum absolute atomic E-state index is 0.0342. The summed E-state index contributed by atoms with van der Waals surface area (Å²) >= 11 is 5.98. The van der Waals surface area contributed by atoms with Crippen LogP contribution in [0.1, 0.15) is 35.7 Å². The quantitative estimate of drug-likeness (QED) is 0.458. The molecule has 6 nitrogen and oxygen atoms in total. The van der Waals surface area contributed by atoms with E-state index in [9.17, 15) is 9.59 Å². The summed E-state index contributed by atoms with van der Waals surface area (Å²) in [7, 11) is 1.30. The molecule has 0 amide bonds. The fourth-order valence-corrected chi connectivity index (χ4v) is 2.84. The highest BCUT2D eigenvalue weighted by Crippen LogP contribution is 2.27. The second-order valence-corrected chi connectivity index (χ2v) is 6.43. The molecule has 0 unspecified atom stereocenters. The molecule has 1 aromatic heterocycles. The normalized spacial score (nSPS) is 10.8. The Bertz CT molecular complexity index is 997. The molecule has 0 spiro atoms. The Labute approximate surface area is 161 Å². The maximum absolute atomic E-state index is 12.6. The predicted molar refractivity (Wildman–Crippen MR) is 104 cm³/mol. The molecule has 0 aliphatic rings. The van der Waals surface area contributed by atoms with Gasteiger partial charge in [-0.2, -0.15) is 4.98 Å². The van der Waals surface area contributed by atoms with Crippen LogP contribution in [0.3, 0.4) is 0 Å². The molecule has 0 radical (unpaired) electrons. The van der Waals surface area contributed by atoms with Crippen molar-refractivity contribution in [3.8, 4) is 0 Å². The number of nitrogens with one attached hydrogen (secondary N) is 1. The molecule has 1 N–H and O–H groups in total. The van der Waals surface area contributed by atoms with Gasteiger partial charge in [0.15, 0.2) is 11.4 Å². The van der Waals surface area contributed by atoms with E-state index in [0.29, 0.717) is 27.4 Å². The van der Waals surface area contributed by atoms with Crippen LogP contribution in [0.4, 0.5) is 11.7 Å². The number of oxazole rings is 1. The van der Waals surface area contributed by atoms with Gasteiger partial charge in [-0.25, -0.2) is 0 Å². The van der Waals surface area contributed by atoms with Crippen LogP contribution in [0.5, 0.6) is 0 Å². The van der Waals surface area contributed by atoms with Gasteiger partial charge in [0.05, 0.1) is 19.2 Å². The van der Waals surface area contributed by atoms with Crippen molar-refractivity contribution in [2.24, 2.45) is 0 Å². The van der Waals surface area contributed by atoms with E-state index in [1.54, 1.807) is 18.2 Å². The van der Waals surface area contributed by atoms with Gasteiger partial charge in [0.2, 0.25) is 0 Å². The Balaban J connectivity index is 1.88. The Morgan fingerprint density at radius 1 is 1.19 bits per heavy atom. The van der Waals surface area contributed by atoms with Crippen LogP contribution in [-0.2, 0) is 16.0 Å². The van der Waals surface area contributed by atoms with Crippen molar-refractivity contribution in [2.45, 2.75) is 26.2 Å². The fourth-order valence-electron chi connectivity index (χ4n) is 2.67. The Kier molecular flexibility index (Phi) is 5.76. The third-order valence-electron chi connectivity index (χ3n) is 4.17. The number of anilines is 2. The summed E-state index contributed by atoms with van der Waals surface area (Å²) in [6.07, 6.45) is 0.892. The summed E-state index contributed by atoms with van der Waals surface area (Å²) < 4.78 is 10.3. The van der Waals surface area contributed by atoms with Gasteiger partial charge in [0.1, 0.15) is 5.52 Å². The smallest absolute Gasteiger partial charge is 0.305 e. The topological polar surface area (TPSA) is 81.4 Å². The molecule has 0 aliphatic carbocycles. The van der Waals surface area contributed by atoms with Crippen molar-refractivity contribution < 1.29 is 18.7 Å². The molecular weight excluding hydrogens is 368 g/mol. The van der Waals surface area contributed by atoms with Crippen LogP contribution in [0.25, 0.3) is 11.1 Å². The number of halogens is 1. The zero-order chi connectivity index (χ0) is 19.4. The number of ketones is 1. The number of rotatable bonds is 7. The Hall–Kier alpha value is -2.86. The van der Waals surface area contributed by atoms with E-state index in [2.05, 4.69) is 15.0 Å². The lowest BCUT2D eigenvalue weighted by molar-refractivity contribution is -0.140. The molecule has 2 aromatic carbocycles. The van der Waals surface area contributed by atoms with Crippen LogP contribution in [-0.4, -0.2) is 23.8 Å². The molecule has 0 saturated carbocycles. The van der Waals surface area contributed by atoms with Gasteiger partial charge >= 0.3 is 5.97 Å². The third-order valence-corrected chi connectivity index (χ3v) is 4.40. The average Bonchev–Trinajstić information content (AvgIpc) is 3.07. The molecule has 7 heteroatoms. The van der Waals surface area contributed by atoms with Crippen molar-refractivity contribution >= 4 is 46.2 Å². The van der Waals surface area contributed by atoms with Gasteiger partial charge in [-0.1, -0.05) is 24.6 Å². The molecule has 3 aromatic rings. The highest BCUT2D eigenvalue weighted by Gasteiger charge is 2.16. The third kappa shape index (κ3) is 4.46. The lowest BCUT2D eigenvalue weighted by atomic mass is 10.0. The van der Waals surface area contributed by atoms with E-state index in [-0.39, 0.29) is 24.6 Å². The molecule has 0 saturated heterocycles. The minimum atomic E-state index is -0.416. The Morgan fingerprint density at radius 3 is 2.74 bits per heavy atom. The van der Waals surface area contributed by atoms with Crippen molar-refractivity contribution in [1.29, 1.82) is 0 Å². The zero-order valence-corrected chi connectivity index (χ0v) is 15.8. The van der Waals surface area contributed by atoms with Crippen LogP contribution in [0.2, 0.25) is 5.02 Å². The number of hydrogen-bond donors (Lipinski definition) is 1. The highest BCUT2D eigenvalue weighted by molar-refractivity contribution is 6.31. The number of benzene rings is 2. The predicted octanol–water partition coefficient (Wildman–Crippen LogP) is 4.92. The number of hydrogen-bond acceptors (Lipinski definition) is 6. The number of Topliss-reactive ketones (excluding diaryl/α,β-unsaturated/α-hetero) is 1. The summed E-state index contributed by atoms with van der Waals surface area (Å²) in [6, 6.07) is 11.0. The van der Waals surface area contributed by atoms with Crippen LogP contribution < -0.4 is 5.32 Å². The number of nitrogens with zero attached hydrogens (tertiary/aromatic N) is 1. The molecule has 140 valence electrons. The number of carbonyl (C=O) groups is 2. The first-order chi connectivity index (χ1) is 13.0. The maximum Gasteiger partial charge on any atom is 0.305 e. The first-order valence-corrected chi connectivity index (χ1v) is 8.94. The largest absolute Gasteiger partial charge is 0.469 e. The molecule has 0 bridgehead atoms. The first-order valence-electron chi connectivity index (χ1n) is 8.56. The van der Waals surface area contributed by atoms with Gasteiger partial charge in [-0.15, -0.1) is 0 Å². The molecule has 0 atom stereocenters. The highest BCUT2D eigenvalue weighted by atomic mass is 35.5. The molecule has 0 fully saturated rings.